The number of hydrogen-bond acceptors (Lipinski definition) is 7. The van der Waals surface area contributed by atoms with Crippen LogP contribution in [-0.2, 0) is 5.75 Å². The van der Waals surface area contributed by atoms with Gasteiger partial charge in [-0.3, -0.25) is 4.79 Å². The van der Waals surface area contributed by atoms with E-state index in [1.165, 1.54) is 30.1 Å². The number of nitrogens with zero attached hydrogens (tertiary/aromatic N) is 5. The summed E-state index contributed by atoms with van der Waals surface area (Å²) in [5.41, 5.74) is 1.56. The Morgan fingerprint density at radius 1 is 1.03 bits per heavy atom. The molecule has 2 aromatic heterocycles. The molecule has 34 heavy (non-hydrogen) atoms. The summed E-state index contributed by atoms with van der Waals surface area (Å²) in [6.45, 7) is -1.44. The summed E-state index contributed by atoms with van der Waals surface area (Å²) in [7, 11) is 0. The van der Waals surface area contributed by atoms with E-state index in [1.807, 2.05) is 42.5 Å². The minimum Gasteiger partial charge on any atom is -0.468 e. The third-order valence-electron chi connectivity index (χ3n) is 4.40. The van der Waals surface area contributed by atoms with Crippen LogP contribution >= 0.6 is 11.8 Å². The fourth-order valence-corrected chi connectivity index (χ4v) is 3.84. The topological polar surface area (TPSA) is 94.8 Å². The Labute approximate surface area is 196 Å². The van der Waals surface area contributed by atoms with E-state index in [1.54, 1.807) is 16.8 Å². The van der Waals surface area contributed by atoms with Gasteiger partial charge in [-0.1, -0.05) is 30.3 Å². The number of tetrazole rings is 1. The van der Waals surface area contributed by atoms with Crippen LogP contribution in [0, 0.1) is 0 Å². The van der Waals surface area contributed by atoms with Gasteiger partial charge in [0.1, 0.15) is 0 Å². The van der Waals surface area contributed by atoms with Gasteiger partial charge in [0.15, 0.2) is 12.4 Å². The maximum atomic E-state index is 12.8. The van der Waals surface area contributed by atoms with Crippen LogP contribution in [0.3, 0.4) is 0 Å². The van der Waals surface area contributed by atoms with Crippen LogP contribution in [-0.4, -0.2) is 43.9 Å². The van der Waals surface area contributed by atoms with Gasteiger partial charge in [0.2, 0.25) is 5.88 Å². The SMILES string of the molecule is O=C(Nc1ccc(OCC(F)(F)F)nc1)c1ccccc1SCc1nnnn1-c1ccccc1. The molecule has 4 aromatic rings. The summed E-state index contributed by atoms with van der Waals surface area (Å²) in [6, 6.07) is 19.1. The van der Waals surface area contributed by atoms with Crippen LogP contribution in [0.1, 0.15) is 16.2 Å². The van der Waals surface area contributed by atoms with E-state index >= 15 is 0 Å². The molecule has 0 aliphatic carbocycles. The van der Waals surface area contributed by atoms with Crippen LogP contribution in [0.5, 0.6) is 5.88 Å². The lowest BCUT2D eigenvalue weighted by Gasteiger charge is -2.11. The Bertz CT molecular complexity index is 1250. The summed E-state index contributed by atoms with van der Waals surface area (Å²) in [5.74, 6) is 0.447. The Balaban J connectivity index is 1.42. The number of aromatic nitrogens is 5. The highest BCUT2D eigenvalue weighted by atomic mass is 32.2. The van der Waals surface area contributed by atoms with E-state index in [9.17, 15) is 18.0 Å². The molecule has 8 nitrogen and oxygen atoms in total. The second kappa shape index (κ2) is 10.3. The van der Waals surface area contributed by atoms with Crippen molar-refractivity contribution in [1.29, 1.82) is 0 Å². The number of thioether (sulfide) groups is 1. The second-order valence-corrected chi connectivity index (χ2v) is 7.89. The molecule has 12 heteroatoms. The Kier molecular flexibility index (Phi) is 7.07. The van der Waals surface area contributed by atoms with Crippen molar-refractivity contribution in [3.05, 3.63) is 84.3 Å². The average Bonchev–Trinajstić information content (AvgIpc) is 3.31. The standard InChI is InChI=1S/C22H17F3N6O2S/c23-22(24,25)14-33-20-11-10-15(12-26-20)27-21(32)17-8-4-5-9-18(17)34-13-19-28-29-30-31(19)16-6-2-1-3-7-16/h1-12H,13-14H2,(H,27,32). The molecule has 0 atom stereocenters. The third-order valence-corrected chi connectivity index (χ3v) is 5.47. The maximum Gasteiger partial charge on any atom is 0.422 e. The van der Waals surface area contributed by atoms with Gasteiger partial charge in [-0.2, -0.15) is 17.9 Å². The van der Waals surface area contributed by atoms with E-state index in [4.69, 9.17) is 0 Å². The quantitative estimate of drug-likeness (QED) is 0.365. The molecule has 0 saturated heterocycles. The first-order valence-corrected chi connectivity index (χ1v) is 10.9. The molecule has 0 unspecified atom stereocenters. The fourth-order valence-electron chi connectivity index (χ4n) is 2.88. The average molecular weight is 486 g/mol. The molecule has 0 aliphatic rings. The number of rotatable bonds is 8. The molecule has 0 saturated carbocycles. The summed E-state index contributed by atoms with van der Waals surface area (Å²) in [6.07, 6.45) is -3.23. The van der Waals surface area contributed by atoms with Gasteiger partial charge < -0.3 is 10.1 Å². The number of amides is 1. The lowest BCUT2D eigenvalue weighted by Crippen LogP contribution is -2.19. The second-order valence-electron chi connectivity index (χ2n) is 6.87. The number of ether oxygens (including phenoxy) is 1. The van der Waals surface area contributed by atoms with Crippen LogP contribution in [0.25, 0.3) is 5.69 Å². The van der Waals surface area contributed by atoms with Gasteiger partial charge in [-0.25, -0.2) is 4.98 Å². The molecule has 0 radical (unpaired) electrons. The Morgan fingerprint density at radius 3 is 2.53 bits per heavy atom. The van der Waals surface area contributed by atoms with Gasteiger partial charge in [0.25, 0.3) is 5.91 Å². The summed E-state index contributed by atoms with van der Waals surface area (Å²) in [4.78, 5) is 17.4. The summed E-state index contributed by atoms with van der Waals surface area (Å²) >= 11 is 1.40. The van der Waals surface area contributed by atoms with Crippen molar-refractivity contribution in [2.75, 3.05) is 11.9 Å². The maximum absolute atomic E-state index is 12.8. The van der Waals surface area contributed by atoms with Gasteiger partial charge in [0, 0.05) is 11.0 Å². The number of carbonyl (C=O) groups excluding carboxylic acids is 1. The molecular formula is C22H17F3N6O2S. The smallest absolute Gasteiger partial charge is 0.422 e. The lowest BCUT2D eigenvalue weighted by molar-refractivity contribution is -0.154. The van der Waals surface area contributed by atoms with Gasteiger partial charge in [0.05, 0.1) is 28.9 Å². The van der Waals surface area contributed by atoms with Crippen molar-refractivity contribution >= 4 is 23.4 Å². The summed E-state index contributed by atoms with van der Waals surface area (Å²) < 4.78 is 43.0. The number of nitrogens with one attached hydrogen (secondary N) is 1. The molecule has 4 rings (SSSR count). The highest BCUT2D eigenvalue weighted by Crippen LogP contribution is 2.27. The van der Waals surface area contributed by atoms with E-state index in [-0.39, 0.29) is 5.88 Å². The number of benzene rings is 2. The van der Waals surface area contributed by atoms with E-state index in [0.29, 0.717) is 27.7 Å². The first kappa shape index (κ1) is 23.2. The van der Waals surface area contributed by atoms with Crippen molar-refractivity contribution in [2.45, 2.75) is 16.8 Å². The van der Waals surface area contributed by atoms with Crippen molar-refractivity contribution in [3.8, 4) is 11.6 Å². The Hall–Kier alpha value is -3.93. The van der Waals surface area contributed by atoms with Gasteiger partial charge in [-0.05, 0) is 40.8 Å². The van der Waals surface area contributed by atoms with Crippen LogP contribution in [0.4, 0.5) is 18.9 Å². The highest BCUT2D eigenvalue weighted by Gasteiger charge is 2.28. The van der Waals surface area contributed by atoms with Crippen molar-refractivity contribution in [1.82, 2.24) is 25.2 Å². The third kappa shape index (κ3) is 6.10. The molecule has 0 aliphatic heterocycles. The van der Waals surface area contributed by atoms with Crippen LogP contribution < -0.4 is 10.1 Å². The zero-order valence-corrected chi connectivity index (χ0v) is 18.3. The fraction of sp³-hybridized carbons (Fsp3) is 0.136. The Morgan fingerprint density at radius 2 is 1.79 bits per heavy atom. The molecule has 1 N–H and O–H groups in total. The number of carbonyl (C=O) groups is 1. The van der Waals surface area contributed by atoms with E-state index < -0.39 is 18.7 Å². The van der Waals surface area contributed by atoms with Crippen molar-refractivity contribution in [2.24, 2.45) is 0 Å². The number of hydrogen-bond donors (Lipinski definition) is 1. The van der Waals surface area contributed by atoms with Crippen LogP contribution in [0.15, 0.2) is 77.8 Å². The number of para-hydroxylation sites is 1. The van der Waals surface area contributed by atoms with Crippen molar-refractivity contribution < 1.29 is 22.7 Å². The molecule has 2 aromatic carbocycles. The molecule has 174 valence electrons. The minimum atomic E-state index is -4.46. The lowest BCUT2D eigenvalue weighted by atomic mass is 10.2. The van der Waals surface area contributed by atoms with Gasteiger partial charge >= 0.3 is 6.18 Å². The number of pyridine rings is 1. The number of anilines is 1. The molecular weight excluding hydrogens is 469 g/mol. The molecule has 0 fully saturated rings. The summed E-state index contributed by atoms with van der Waals surface area (Å²) in [5, 5.41) is 14.5. The zero-order chi connectivity index (χ0) is 24.0. The predicted molar refractivity (Wildman–Crippen MR) is 119 cm³/mol. The number of halogens is 3. The van der Waals surface area contributed by atoms with Crippen molar-refractivity contribution in [3.63, 3.8) is 0 Å². The molecule has 2 heterocycles. The molecule has 0 bridgehead atoms. The molecule has 0 spiro atoms. The normalized spacial score (nSPS) is 11.3. The van der Waals surface area contributed by atoms with E-state index in [2.05, 4.69) is 30.6 Å². The predicted octanol–water partition coefficient (Wildman–Crippen LogP) is 4.54. The first-order valence-electron chi connectivity index (χ1n) is 9.90. The van der Waals surface area contributed by atoms with Gasteiger partial charge in [-0.15, -0.1) is 16.9 Å². The van der Waals surface area contributed by atoms with E-state index in [0.717, 1.165) is 5.69 Å². The highest BCUT2D eigenvalue weighted by molar-refractivity contribution is 7.98. The first-order chi connectivity index (χ1) is 16.4. The number of alkyl halides is 3. The monoisotopic (exact) mass is 486 g/mol. The van der Waals surface area contributed by atoms with Crippen LogP contribution in [0.2, 0.25) is 0 Å². The zero-order valence-electron chi connectivity index (χ0n) is 17.4. The molecule has 1 amide bonds. The minimum absolute atomic E-state index is 0.192. The largest absolute Gasteiger partial charge is 0.468 e.